The molecular formula is C48H88O10P+. The molecule has 0 bridgehead atoms. The summed E-state index contributed by atoms with van der Waals surface area (Å²) in [6.07, 6.45) is 27.3. The average Bonchev–Trinajstić information content (AvgIpc) is 3.20. The van der Waals surface area contributed by atoms with Gasteiger partial charge in [-0.05, 0) is 97.8 Å². The predicted molar refractivity (Wildman–Crippen MR) is 243 cm³/mol. The average molecular weight is 856 g/mol. The lowest BCUT2D eigenvalue weighted by atomic mass is 10.1. The Bertz CT molecular complexity index is 1000. The van der Waals surface area contributed by atoms with Crippen molar-refractivity contribution in [1.29, 1.82) is 0 Å². The van der Waals surface area contributed by atoms with E-state index >= 15 is 0 Å². The fraction of sp³-hybridized carbons (Fsp3) is 0.812. The predicted octanol–water partition coefficient (Wildman–Crippen LogP) is 13.8. The standard InChI is InChI=1S/C48H88O10P/c1-10-43(56-46(49)40(4)5)34-28-22-16-13-19-25-31-37-53-59(52,54-38-32-26-20-14-17-23-29-35-44(11-2)57-47(50)41(6)7)55-39-33-27-21-15-18-24-30-36-45(12-3)58-48(51)42(8)9/h43-45,52H,4,6,8,10-39H2,1-3,5,7,9H3/q+1. The van der Waals surface area contributed by atoms with Crippen LogP contribution in [-0.2, 0) is 42.2 Å². The van der Waals surface area contributed by atoms with Gasteiger partial charge >= 0.3 is 26.1 Å². The van der Waals surface area contributed by atoms with Crippen LogP contribution in [0.3, 0.4) is 0 Å². The highest BCUT2D eigenvalue weighted by molar-refractivity contribution is 7.55. The lowest BCUT2D eigenvalue weighted by Gasteiger charge is -2.16. The van der Waals surface area contributed by atoms with Crippen molar-refractivity contribution in [2.45, 2.75) is 233 Å². The lowest BCUT2D eigenvalue weighted by Crippen LogP contribution is -2.17. The molecule has 0 aromatic carbocycles. The number of carbonyl (C=O) groups is 3. The molecule has 59 heavy (non-hydrogen) atoms. The number of rotatable bonds is 42. The zero-order chi connectivity index (χ0) is 44.2. The first-order valence-corrected chi connectivity index (χ1v) is 24.9. The minimum atomic E-state index is -3.39. The van der Waals surface area contributed by atoms with Crippen molar-refractivity contribution >= 4 is 26.1 Å². The molecule has 0 aliphatic carbocycles. The molecule has 0 rings (SSSR count). The first-order chi connectivity index (χ1) is 28.3. The normalized spacial score (nSPS) is 13.9. The molecule has 344 valence electrons. The molecule has 11 heteroatoms. The Kier molecular flexibility index (Phi) is 36.3. The molecule has 0 amide bonds. The Hall–Kier alpha value is -2.10. The van der Waals surface area contributed by atoms with Crippen LogP contribution in [0.5, 0.6) is 0 Å². The maximum absolute atomic E-state index is 11.8. The van der Waals surface area contributed by atoms with Crippen LogP contribution >= 0.6 is 8.17 Å². The van der Waals surface area contributed by atoms with Crippen molar-refractivity contribution in [1.82, 2.24) is 0 Å². The largest absolute Gasteiger partial charge is 0.572 e. The molecule has 0 aliphatic heterocycles. The van der Waals surface area contributed by atoms with Gasteiger partial charge in [-0.2, -0.15) is 18.5 Å². The van der Waals surface area contributed by atoms with Crippen molar-refractivity contribution in [3.05, 3.63) is 36.5 Å². The van der Waals surface area contributed by atoms with Gasteiger partial charge < -0.3 is 14.2 Å². The molecule has 0 saturated heterocycles. The van der Waals surface area contributed by atoms with Gasteiger partial charge in [0.05, 0.1) is 0 Å². The van der Waals surface area contributed by atoms with Gasteiger partial charge in [-0.25, -0.2) is 14.4 Å². The molecule has 3 atom stereocenters. The van der Waals surface area contributed by atoms with Gasteiger partial charge in [0.25, 0.3) is 0 Å². The fourth-order valence-corrected chi connectivity index (χ4v) is 7.82. The summed E-state index contributed by atoms with van der Waals surface area (Å²) in [5.41, 5.74) is 1.34. The highest BCUT2D eigenvalue weighted by Crippen LogP contribution is 2.58. The van der Waals surface area contributed by atoms with E-state index in [1.54, 1.807) is 20.8 Å². The first kappa shape index (κ1) is 56.9. The van der Waals surface area contributed by atoms with Gasteiger partial charge in [0.2, 0.25) is 0 Å². The quantitative estimate of drug-likeness (QED) is 0.0208. The zero-order valence-corrected chi connectivity index (χ0v) is 39.5. The third kappa shape index (κ3) is 33.2. The van der Waals surface area contributed by atoms with Crippen LogP contribution in [-0.4, -0.2) is 60.9 Å². The van der Waals surface area contributed by atoms with Crippen molar-refractivity contribution in [2.75, 3.05) is 19.8 Å². The monoisotopic (exact) mass is 856 g/mol. The second-order valence-electron chi connectivity index (χ2n) is 16.4. The second-order valence-corrected chi connectivity index (χ2v) is 18.1. The molecule has 3 unspecified atom stereocenters. The molecule has 0 heterocycles. The number of unbranched alkanes of at least 4 members (excludes halogenated alkanes) is 18. The summed E-state index contributed by atoms with van der Waals surface area (Å²) < 4.78 is 34.3. The summed E-state index contributed by atoms with van der Waals surface area (Å²) in [7, 11) is -3.39. The molecule has 0 aromatic heterocycles. The molecule has 0 fully saturated rings. The van der Waals surface area contributed by atoms with E-state index in [2.05, 4.69) is 19.7 Å². The molecular weight excluding hydrogens is 767 g/mol. The molecule has 0 radical (unpaired) electrons. The minimum absolute atomic E-state index is 0.0339. The minimum Gasteiger partial charge on any atom is -0.459 e. The highest BCUT2D eigenvalue weighted by Gasteiger charge is 2.44. The second kappa shape index (κ2) is 37.6. The van der Waals surface area contributed by atoms with Gasteiger partial charge in [-0.3, -0.25) is 0 Å². The maximum atomic E-state index is 11.8. The lowest BCUT2D eigenvalue weighted by molar-refractivity contribution is -0.145. The van der Waals surface area contributed by atoms with E-state index in [0.717, 1.165) is 173 Å². The molecule has 0 spiro atoms. The number of ether oxygens (including phenoxy) is 3. The van der Waals surface area contributed by atoms with Crippen molar-refractivity contribution in [3.8, 4) is 0 Å². The van der Waals surface area contributed by atoms with Gasteiger partial charge in [0.15, 0.2) is 0 Å². The van der Waals surface area contributed by atoms with E-state index in [1.165, 1.54) is 0 Å². The van der Waals surface area contributed by atoms with Gasteiger partial charge in [-0.1, -0.05) is 137 Å². The van der Waals surface area contributed by atoms with Crippen LogP contribution in [0.4, 0.5) is 0 Å². The first-order valence-electron chi connectivity index (χ1n) is 23.4. The summed E-state index contributed by atoms with van der Waals surface area (Å²) in [5.74, 6) is -0.896. The molecule has 0 aliphatic rings. The van der Waals surface area contributed by atoms with Gasteiger partial charge in [0, 0.05) is 16.7 Å². The van der Waals surface area contributed by atoms with Crippen molar-refractivity contribution in [3.63, 3.8) is 0 Å². The van der Waals surface area contributed by atoms with Crippen LogP contribution in [0.1, 0.15) is 215 Å². The smallest absolute Gasteiger partial charge is 0.459 e. The van der Waals surface area contributed by atoms with E-state index < -0.39 is 8.17 Å². The topological polar surface area (TPSA) is 127 Å². The third-order valence-corrected chi connectivity index (χ3v) is 12.0. The van der Waals surface area contributed by atoms with Crippen molar-refractivity contribution in [2.24, 2.45) is 0 Å². The number of hydrogen-bond donors (Lipinski definition) is 1. The Balaban J connectivity index is 4.48. The van der Waals surface area contributed by atoms with E-state index in [-0.39, 0.29) is 36.2 Å². The number of carbonyl (C=O) groups excluding carboxylic acids is 3. The van der Waals surface area contributed by atoms with Crippen LogP contribution < -0.4 is 0 Å². The molecule has 10 nitrogen and oxygen atoms in total. The summed E-state index contributed by atoms with van der Waals surface area (Å²) in [6, 6.07) is 0. The number of hydrogen-bond acceptors (Lipinski definition) is 10. The van der Waals surface area contributed by atoms with E-state index in [4.69, 9.17) is 27.8 Å². The van der Waals surface area contributed by atoms with E-state index in [1.807, 2.05) is 20.8 Å². The highest BCUT2D eigenvalue weighted by atomic mass is 31.2. The Morgan fingerprint density at radius 3 is 0.814 bits per heavy atom. The zero-order valence-electron chi connectivity index (χ0n) is 38.6. The maximum Gasteiger partial charge on any atom is 0.572 e. The summed E-state index contributed by atoms with van der Waals surface area (Å²) >= 11 is 0. The van der Waals surface area contributed by atoms with Gasteiger partial charge in [-0.15, -0.1) is 0 Å². The fourth-order valence-electron chi connectivity index (χ4n) is 6.52. The van der Waals surface area contributed by atoms with Gasteiger partial charge in [0.1, 0.15) is 38.1 Å². The molecule has 1 N–H and O–H groups in total. The molecule has 0 saturated carbocycles. The van der Waals surface area contributed by atoms with Crippen LogP contribution in [0.2, 0.25) is 0 Å². The summed E-state index contributed by atoms with van der Waals surface area (Å²) in [5, 5.41) is 0. The summed E-state index contributed by atoms with van der Waals surface area (Å²) in [6.45, 7) is 23.4. The van der Waals surface area contributed by atoms with E-state index in [0.29, 0.717) is 36.5 Å². The van der Waals surface area contributed by atoms with Crippen LogP contribution in [0, 0.1) is 0 Å². The Labute approximate surface area is 361 Å². The van der Waals surface area contributed by atoms with Crippen LogP contribution in [0.15, 0.2) is 36.5 Å². The summed E-state index contributed by atoms with van der Waals surface area (Å²) in [4.78, 5) is 46.7. The Morgan fingerprint density at radius 1 is 0.407 bits per heavy atom. The molecule has 0 aromatic rings. The van der Waals surface area contributed by atoms with Crippen molar-refractivity contribution < 1.29 is 47.1 Å². The van der Waals surface area contributed by atoms with Crippen LogP contribution in [0.25, 0.3) is 0 Å². The Morgan fingerprint density at radius 2 is 0.610 bits per heavy atom. The van der Waals surface area contributed by atoms with E-state index in [9.17, 15) is 19.3 Å². The number of esters is 3. The third-order valence-electron chi connectivity index (χ3n) is 10.5. The SMILES string of the molecule is C=C(C)C(=O)OC(CC)CCCCCCCCCO[P+](O)(OCCCCCCCCCC(CC)OC(=O)C(=C)C)OCCCCCCCCCC(CC)OC(=O)C(=C)C.